The molecule has 0 aliphatic carbocycles. The fourth-order valence-corrected chi connectivity index (χ4v) is 2.74. The highest BCUT2D eigenvalue weighted by molar-refractivity contribution is 6.27. The summed E-state index contributed by atoms with van der Waals surface area (Å²) in [5.41, 5.74) is 0.533. The Labute approximate surface area is 164 Å². The number of hydrogen-bond donors (Lipinski definition) is 4. The van der Waals surface area contributed by atoms with Gasteiger partial charge in [-0.1, -0.05) is 49.4 Å². The van der Waals surface area contributed by atoms with E-state index in [0.717, 1.165) is 12.0 Å². The number of nitrogens with one attached hydrogen (secondary N) is 1. The molecule has 1 fully saturated rings. The number of benzene rings is 1. The second kappa shape index (κ2) is 10.3. The number of ketones is 1. The minimum absolute atomic E-state index is 0.0894. The zero-order valence-electron chi connectivity index (χ0n) is 15.7. The van der Waals surface area contributed by atoms with Crippen molar-refractivity contribution in [3.63, 3.8) is 0 Å². The highest BCUT2D eigenvalue weighted by Gasteiger charge is 2.37. The van der Waals surface area contributed by atoms with E-state index in [1.165, 1.54) is 24.3 Å². The second-order valence-electron chi connectivity index (χ2n) is 6.50. The van der Waals surface area contributed by atoms with Crippen molar-refractivity contribution in [2.75, 3.05) is 6.61 Å². The van der Waals surface area contributed by atoms with Gasteiger partial charge in [0, 0.05) is 13.0 Å². The third-order valence-corrected chi connectivity index (χ3v) is 4.46. The summed E-state index contributed by atoms with van der Waals surface area (Å²) in [7, 11) is 0. The Hall–Kier alpha value is -3.12. The first-order valence-corrected chi connectivity index (χ1v) is 9.14. The molecule has 0 saturated carbocycles. The Morgan fingerprint density at radius 3 is 2.46 bits per heavy atom. The van der Waals surface area contributed by atoms with E-state index in [0.29, 0.717) is 0 Å². The predicted octanol–water partition coefficient (Wildman–Crippen LogP) is 2.50. The minimum atomic E-state index is -0.745. The average molecular weight is 383 g/mol. The van der Waals surface area contributed by atoms with Gasteiger partial charge in [-0.2, -0.15) is 0 Å². The van der Waals surface area contributed by atoms with Crippen molar-refractivity contribution in [1.29, 1.82) is 0 Å². The highest BCUT2D eigenvalue weighted by Crippen LogP contribution is 2.19. The number of hydrogen-bond acceptors (Lipinski definition) is 5. The molecule has 0 spiro atoms. The molecule has 148 valence electrons. The SMILES string of the molecule is CCC(C=CC=CC=CC(O)=C1C(=O)NC(Cc2ccc(O)cc2)C1=O)CO. The van der Waals surface area contributed by atoms with Gasteiger partial charge in [0.25, 0.3) is 5.91 Å². The summed E-state index contributed by atoms with van der Waals surface area (Å²) >= 11 is 0. The standard InChI is InChI=1S/C22H25NO5/c1-2-15(14-24)7-5-3-4-6-8-19(26)20-21(27)18(23-22(20)28)13-16-9-11-17(25)12-10-16/h3-12,15,18,24-26H,2,13-14H2,1H3,(H,23,28). The molecule has 6 nitrogen and oxygen atoms in total. The van der Waals surface area contributed by atoms with Crippen LogP contribution in [0.2, 0.25) is 0 Å². The van der Waals surface area contributed by atoms with Gasteiger partial charge in [0.1, 0.15) is 17.1 Å². The van der Waals surface area contributed by atoms with Gasteiger partial charge in [0.05, 0.1) is 6.04 Å². The van der Waals surface area contributed by atoms with Crippen LogP contribution in [0.1, 0.15) is 18.9 Å². The van der Waals surface area contributed by atoms with Gasteiger partial charge < -0.3 is 20.6 Å². The number of Topliss-reactive ketones (excluding diaryl/α,β-unsaturated/α-hetero) is 1. The van der Waals surface area contributed by atoms with Crippen LogP contribution in [0.15, 0.2) is 72.1 Å². The number of allylic oxidation sites excluding steroid dienone is 5. The lowest BCUT2D eigenvalue weighted by molar-refractivity contribution is -0.117. The number of carbonyl (C=O) groups is 2. The lowest BCUT2D eigenvalue weighted by Gasteiger charge is -2.07. The second-order valence-corrected chi connectivity index (χ2v) is 6.50. The molecule has 0 radical (unpaired) electrons. The van der Waals surface area contributed by atoms with Crippen molar-refractivity contribution in [2.45, 2.75) is 25.8 Å². The largest absolute Gasteiger partial charge is 0.508 e. The van der Waals surface area contributed by atoms with Crippen LogP contribution in [0.4, 0.5) is 0 Å². The van der Waals surface area contributed by atoms with E-state index >= 15 is 0 Å². The van der Waals surface area contributed by atoms with Crippen molar-refractivity contribution in [3.8, 4) is 5.75 Å². The van der Waals surface area contributed by atoms with Crippen molar-refractivity contribution >= 4 is 11.7 Å². The smallest absolute Gasteiger partial charge is 0.259 e. The molecular weight excluding hydrogens is 358 g/mol. The molecular formula is C22H25NO5. The maximum Gasteiger partial charge on any atom is 0.259 e. The molecule has 0 aromatic heterocycles. The molecule has 1 saturated heterocycles. The minimum Gasteiger partial charge on any atom is -0.508 e. The summed E-state index contributed by atoms with van der Waals surface area (Å²) in [5.74, 6) is -1.22. The number of rotatable bonds is 8. The Bertz CT molecular complexity index is 814. The Morgan fingerprint density at radius 1 is 1.14 bits per heavy atom. The van der Waals surface area contributed by atoms with Crippen molar-refractivity contribution in [1.82, 2.24) is 5.32 Å². The molecule has 1 amide bonds. The van der Waals surface area contributed by atoms with Crippen molar-refractivity contribution in [3.05, 3.63) is 77.6 Å². The van der Waals surface area contributed by atoms with Crippen LogP contribution in [-0.2, 0) is 16.0 Å². The number of phenols is 1. The monoisotopic (exact) mass is 383 g/mol. The van der Waals surface area contributed by atoms with E-state index in [1.54, 1.807) is 30.4 Å². The van der Waals surface area contributed by atoms with Crippen LogP contribution >= 0.6 is 0 Å². The first-order chi connectivity index (χ1) is 13.5. The summed E-state index contributed by atoms with van der Waals surface area (Å²) in [6, 6.07) is 5.63. The average Bonchev–Trinajstić information content (AvgIpc) is 2.96. The third kappa shape index (κ3) is 5.69. The Kier molecular flexibility index (Phi) is 7.77. The molecule has 1 aliphatic rings. The number of phenolic OH excluding ortho intramolecular Hbond substituents is 1. The lowest BCUT2D eigenvalue weighted by atomic mass is 10.0. The van der Waals surface area contributed by atoms with Crippen LogP contribution in [0.3, 0.4) is 0 Å². The first kappa shape index (κ1) is 21.2. The van der Waals surface area contributed by atoms with Crippen LogP contribution < -0.4 is 5.32 Å². The molecule has 2 rings (SSSR count). The molecule has 2 atom stereocenters. The van der Waals surface area contributed by atoms with Gasteiger partial charge in [-0.3, -0.25) is 9.59 Å². The van der Waals surface area contributed by atoms with Crippen LogP contribution in [0.5, 0.6) is 5.75 Å². The van der Waals surface area contributed by atoms with Gasteiger partial charge in [0.15, 0.2) is 5.78 Å². The molecule has 1 aliphatic heterocycles. The molecule has 0 bridgehead atoms. The highest BCUT2D eigenvalue weighted by atomic mass is 16.3. The summed E-state index contributed by atoms with van der Waals surface area (Å²) < 4.78 is 0. The van der Waals surface area contributed by atoms with Crippen LogP contribution in [0.25, 0.3) is 0 Å². The van der Waals surface area contributed by atoms with Crippen molar-refractivity contribution in [2.24, 2.45) is 5.92 Å². The number of aliphatic hydroxyl groups excluding tert-OH is 2. The molecule has 1 aromatic rings. The Balaban J connectivity index is 2.01. The predicted molar refractivity (Wildman–Crippen MR) is 107 cm³/mol. The van der Waals surface area contributed by atoms with Gasteiger partial charge in [-0.15, -0.1) is 0 Å². The number of aliphatic hydroxyl groups is 2. The lowest BCUT2D eigenvalue weighted by Crippen LogP contribution is -2.31. The fourth-order valence-electron chi connectivity index (χ4n) is 2.74. The Morgan fingerprint density at radius 2 is 1.82 bits per heavy atom. The van der Waals surface area contributed by atoms with Gasteiger partial charge in [-0.25, -0.2) is 0 Å². The summed E-state index contributed by atoms with van der Waals surface area (Å²) in [4.78, 5) is 24.5. The fraction of sp³-hybridized carbons (Fsp3) is 0.273. The molecule has 6 heteroatoms. The van der Waals surface area contributed by atoms with Crippen LogP contribution in [-0.4, -0.2) is 39.7 Å². The summed E-state index contributed by atoms with van der Waals surface area (Å²) in [6.07, 6.45) is 11.0. The van der Waals surface area contributed by atoms with E-state index in [-0.39, 0.29) is 36.0 Å². The van der Waals surface area contributed by atoms with Crippen molar-refractivity contribution < 1.29 is 24.9 Å². The quantitative estimate of drug-likeness (QED) is 0.239. The first-order valence-electron chi connectivity index (χ1n) is 9.14. The van der Waals surface area contributed by atoms with Crippen LogP contribution in [0, 0.1) is 5.92 Å². The normalized spacial score (nSPS) is 20.4. The molecule has 2 unspecified atom stereocenters. The molecule has 1 aromatic carbocycles. The van der Waals surface area contributed by atoms with E-state index in [4.69, 9.17) is 5.11 Å². The third-order valence-electron chi connectivity index (χ3n) is 4.46. The number of carbonyl (C=O) groups excluding carboxylic acids is 2. The van der Waals surface area contributed by atoms with E-state index in [9.17, 15) is 19.8 Å². The number of amides is 1. The maximum absolute atomic E-state index is 12.5. The molecule has 4 N–H and O–H groups in total. The zero-order chi connectivity index (χ0) is 20.5. The van der Waals surface area contributed by atoms with Gasteiger partial charge >= 0.3 is 0 Å². The number of aromatic hydroxyl groups is 1. The van der Waals surface area contributed by atoms with E-state index in [2.05, 4.69) is 5.32 Å². The maximum atomic E-state index is 12.5. The van der Waals surface area contributed by atoms with Gasteiger partial charge in [-0.05, 0) is 36.1 Å². The topological polar surface area (TPSA) is 107 Å². The molecule has 28 heavy (non-hydrogen) atoms. The van der Waals surface area contributed by atoms with Gasteiger partial charge in [0.2, 0.25) is 0 Å². The molecule has 1 heterocycles. The zero-order valence-corrected chi connectivity index (χ0v) is 15.7. The summed E-state index contributed by atoms with van der Waals surface area (Å²) in [5, 5.41) is 31.1. The summed E-state index contributed by atoms with van der Waals surface area (Å²) in [6.45, 7) is 2.07. The van der Waals surface area contributed by atoms with E-state index in [1.807, 2.05) is 13.0 Å². The van der Waals surface area contributed by atoms with E-state index < -0.39 is 17.7 Å².